The third kappa shape index (κ3) is 5.45. The van der Waals surface area contributed by atoms with E-state index in [-0.39, 0.29) is 18.3 Å². The summed E-state index contributed by atoms with van der Waals surface area (Å²) in [5.41, 5.74) is 7.14. The van der Waals surface area contributed by atoms with Crippen LogP contribution in [0.4, 0.5) is 0 Å². The van der Waals surface area contributed by atoms with Gasteiger partial charge in [-0.15, -0.1) is 23.7 Å². The van der Waals surface area contributed by atoms with Gasteiger partial charge in [0.15, 0.2) is 0 Å². The fourth-order valence-corrected chi connectivity index (χ4v) is 4.01. The molecule has 2 aromatic rings. The van der Waals surface area contributed by atoms with Gasteiger partial charge in [0.25, 0.3) is 0 Å². The van der Waals surface area contributed by atoms with Crippen molar-refractivity contribution in [3.63, 3.8) is 0 Å². The van der Waals surface area contributed by atoms with Gasteiger partial charge >= 0.3 is 0 Å². The Morgan fingerprint density at radius 2 is 2.04 bits per heavy atom. The molecule has 132 valence electrons. The Labute approximate surface area is 153 Å². The predicted octanol–water partition coefficient (Wildman–Crippen LogP) is 3.69. The van der Waals surface area contributed by atoms with Gasteiger partial charge in [-0.25, -0.2) is 5.43 Å². The summed E-state index contributed by atoms with van der Waals surface area (Å²) < 4.78 is 6.64. The van der Waals surface area contributed by atoms with E-state index >= 15 is 0 Å². The van der Waals surface area contributed by atoms with Gasteiger partial charge in [0.05, 0.1) is 0 Å². The summed E-state index contributed by atoms with van der Waals surface area (Å²) in [6.45, 7) is 2.59. The minimum atomic E-state index is 0. The lowest BCUT2D eigenvalue weighted by Crippen LogP contribution is -2.38. The van der Waals surface area contributed by atoms with Crippen LogP contribution in [0, 0.1) is 5.92 Å². The van der Waals surface area contributed by atoms with Crippen molar-refractivity contribution < 1.29 is 9.53 Å². The minimum absolute atomic E-state index is 0. The molecule has 0 bridgehead atoms. The molecule has 0 radical (unpaired) electrons. The van der Waals surface area contributed by atoms with Crippen LogP contribution in [0.25, 0.3) is 10.1 Å². The molecule has 1 aromatic carbocycles. The minimum Gasteiger partial charge on any atom is -0.381 e. The van der Waals surface area contributed by atoms with Crippen LogP contribution in [0.5, 0.6) is 0 Å². The summed E-state index contributed by atoms with van der Waals surface area (Å²) in [4.78, 5) is 11.9. The van der Waals surface area contributed by atoms with Crippen LogP contribution in [0.3, 0.4) is 0 Å². The maximum atomic E-state index is 11.9. The number of fused-ring (bicyclic) bond motifs is 1. The number of amides is 1. The van der Waals surface area contributed by atoms with E-state index in [1.807, 2.05) is 0 Å². The van der Waals surface area contributed by atoms with Crippen molar-refractivity contribution in [2.24, 2.45) is 5.92 Å². The molecule has 4 nitrogen and oxygen atoms in total. The highest BCUT2D eigenvalue weighted by atomic mass is 35.5. The highest BCUT2D eigenvalue weighted by Crippen LogP contribution is 2.26. The molecule has 0 atom stereocenters. The van der Waals surface area contributed by atoms with E-state index in [1.165, 1.54) is 15.6 Å². The molecule has 3 rings (SSSR count). The summed E-state index contributed by atoms with van der Waals surface area (Å²) in [7, 11) is 0. The van der Waals surface area contributed by atoms with Crippen LogP contribution < -0.4 is 10.9 Å². The van der Waals surface area contributed by atoms with Crippen LogP contribution in [0.1, 0.15) is 31.2 Å². The van der Waals surface area contributed by atoms with E-state index in [4.69, 9.17) is 4.74 Å². The van der Waals surface area contributed by atoms with E-state index < -0.39 is 0 Å². The lowest BCUT2D eigenvalue weighted by Gasteiger charge is -2.21. The number of nitrogens with one attached hydrogen (secondary N) is 2. The Hall–Kier alpha value is -1.14. The van der Waals surface area contributed by atoms with Crippen molar-refractivity contribution in [2.75, 3.05) is 19.8 Å². The maximum absolute atomic E-state index is 11.9. The Balaban J connectivity index is 0.00000208. The number of halogens is 1. The largest absolute Gasteiger partial charge is 0.381 e. The zero-order chi connectivity index (χ0) is 15.9. The monoisotopic (exact) mass is 368 g/mol. The van der Waals surface area contributed by atoms with Crippen LogP contribution in [0.2, 0.25) is 0 Å². The molecule has 24 heavy (non-hydrogen) atoms. The van der Waals surface area contributed by atoms with Crippen molar-refractivity contribution in [3.8, 4) is 0 Å². The second-order valence-corrected chi connectivity index (χ2v) is 6.99. The second kappa shape index (κ2) is 9.99. The molecule has 1 amide bonds. The van der Waals surface area contributed by atoms with Gasteiger partial charge in [-0.05, 0) is 54.0 Å². The van der Waals surface area contributed by atoms with Crippen molar-refractivity contribution in [2.45, 2.75) is 32.1 Å². The van der Waals surface area contributed by atoms with E-state index in [0.717, 1.165) is 51.4 Å². The molecule has 0 unspecified atom stereocenters. The molecule has 1 fully saturated rings. The van der Waals surface area contributed by atoms with E-state index in [0.29, 0.717) is 6.42 Å². The molecule has 1 saturated heterocycles. The molecular weight excluding hydrogens is 344 g/mol. The quantitative estimate of drug-likeness (QED) is 0.578. The molecule has 1 aliphatic rings. The number of thiophene rings is 1. The molecule has 1 aromatic heterocycles. The highest BCUT2D eigenvalue weighted by molar-refractivity contribution is 7.17. The standard InChI is InChI=1S/C18H24N2O2S.ClH/c21-18(20-19-10-7-14-8-11-22-12-9-14)6-5-15-13-23-17-4-2-1-3-16(15)17;/h1-4,13-14,19H,5-12H2,(H,20,21);1H. The van der Waals surface area contributed by atoms with Gasteiger partial charge in [-0.2, -0.15) is 0 Å². The van der Waals surface area contributed by atoms with Gasteiger partial charge in [0.2, 0.25) is 5.91 Å². The molecule has 1 aliphatic heterocycles. The summed E-state index contributed by atoms with van der Waals surface area (Å²) in [6.07, 6.45) is 4.68. The van der Waals surface area contributed by atoms with Gasteiger partial charge in [-0.3, -0.25) is 10.2 Å². The average Bonchev–Trinajstić information content (AvgIpc) is 3.01. The van der Waals surface area contributed by atoms with Crippen LogP contribution >= 0.6 is 23.7 Å². The Bertz CT molecular complexity index is 641. The maximum Gasteiger partial charge on any atom is 0.234 e. The SMILES string of the molecule is Cl.O=C(CCc1csc2ccccc12)NNCCC1CCOCC1. The summed E-state index contributed by atoms with van der Waals surface area (Å²) >= 11 is 1.75. The first-order chi connectivity index (χ1) is 11.3. The number of aryl methyl sites for hydroxylation is 1. The number of benzene rings is 1. The van der Waals surface area contributed by atoms with Crippen molar-refractivity contribution in [3.05, 3.63) is 35.2 Å². The van der Waals surface area contributed by atoms with E-state index in [9.17, 15) is 4.79 Å². The smallest absolute Gasteiger partial charge is 0.234 e. The van der Waals surface area contributed by atoms with Crippen molar-refractivity contribution >= 4 is 39.7 Å². The Morgan fingerprint density at radius 3 is 2.88 bits per heavy atom. The number of hydrogen-bond donors (Lipinski definition) is 2. The summed E-state index contributed by atoms with van der Waals surface area (Å²) in [5, 5.41) is 3.44. The molecule has 0 spiro atoms. The fraction of sp³-hybridized carbons (Fsp3) is 0.500. The zero-order valence-corrected chi connectivity index (χ0v) is 15.4. The number of carbonyl (C=O) groups excluding carboxylic acids is 1. The fourth-order valence-electron chi connectivity index (χ4n) is 3.01. The third-order valence-corrected chi connectivity index (χ3v) is 5.44. The van der Waals surface area contributed by atoms with Gasteiger partial charge in [0, 0.05) is 30.9 Å². The summed E-state index contributed by atoms with van der Waals surface area (Å²) in [6, 6.07) is 8.36. The lowest BCUT2D eigenvalue weighted by molar-refractivity contribution is -0.122. The average molecular weight is 369 g/mol. The molecule has 2 heterocycles. The first kappa shape index (κ1) is 19.2. The van der Waals surface area contributed by atoms with Crippen LogP contribution in [-0.2, 0) is 16.0 Å². The second-order valence-electron chi connectivity index (χ2n) is 6.08. The molecule has 2 N–H and O–H groups in total. The Kier molecular flexibility index (Phi) is 7.99. The third-order valence-electron chi connectivity index (χ3n) is 4.43. The topological polar surface area (TPSA) is 50.4 Å². The lowest BCUT2D eigenvalue weighted by atomic mass is 9.97. The zero-order valence-electron chi connectivity index (χ0n) is 13.8. The molecular formula is C18H25ClN2O2S. The summed E-state index contributed by atoms with van der Waals surface area (Å²) in [5.74, 6) is 0.789. The number of ether oxygens (including phenoxy) is 1. The molecule has 0 saturated carbocycles. The molecule has 0 aliphatic carbocycles. The van der Waals surface area contributed by atoms with Crippen molar-refractivity contribution in [1.29, 1.82) is 0 Å². The van der Waals surface area contributed by atoms with Gasteiger partial charge in [0.1, 0.15) is 0 Å². The van der Waals surface area contributed by atoms with Gasteiger partial charge < -0.3 is 4.74 Å². The first-order valence-electron chi connectivity index (χ1n) is 8.37. The van der Waals surface area contributed by atoms with Crippen LogP contribution in [-0.4, -0.2) is 25.7 Å². The van der Waals surface area contributed by atoms with E-state index in [2.05, 4.69) is 40.5 Å². The number of rotatable bonds is 7. The normalized spacial score (nSPS) is 15.2. The molecule has 6 heteroatoms. The number of hydrogen-bond acceptors (Lipinski definition) is 4. The van der Waals surface area contributed by atoms with Crippen molar-refractivity contribution in [1.82, 2.24) is 10.9 Å². The number of hydrazine groups is 1. The van der Waals surface area contributed by atoms with Gasteiger partial charge in [-0.1, -0.05) is 18.2 Å². The Morgan fingerprint density at radius 1 is 1.25 bits per heavy atom. The number of carbonyl (C=O) groups is 1. The van der Waals surface area contributed by atoms with Crippen LogP contribution in [0.15, 0.2) is 29.6 Å². The van der Waals surface area contributed by atoms with E-state index in [1.54, 1.807) is 11.3 Å². The first-order valence-corrected chi connectivity index (χ1v) is 9.25. The highest BCUT2D eigenvalue weighted by Gasteiger charge is 2.13. The predicted molar refractivity (Wildman–Crippen MR) is 102 cm³/mol.